The Bertz CT molecular complexity index is 518. The molecule has 1 aromatic heterocycles. The van der Waals surface area contributed by atoms with Crippen molar-refractivity contribution in [3.05, 3.63) is 41.2 Å². The number of unbranched alkanes of at least 4 members (excludes halogenated alkanes) is 1. The van der Waals surface area contributed by atoms with Gasteiger partial charge in [0.15, 0.2) is 0 Å². The number of benzene rings is 1. The smallest absolute Gasteiger partial charge is 0.119 e. The number of nitrogens with zero attached hydrogens (tertiary/aromatic N) is 1. The molecule has 0 aliphatic heterocycles. The topological polar surface area (TPSA) is 47.1 Å². The van der Waals surface area contributed by atoms with Gasteiger partial charge in [0.25, 0.3) is 0 Å². The van der Waals surface area contributed by atoms with E-state index in [9.17, 15) is 0 Å². The van der Waals surface area contributed by atoms with Crippen LogP contribution in [0.4, 0.5) is 0 Å². The lowest BCUT2D eigenvalue weighted by Crippen LogP contribution is -1.99. The van der Waals surface area contributed by atoms with E-state index in [0.29, 0.717) is 0 Å². The summed E-state index contributed by atoms with van der Waals surface area (Å²) in [5, 5.41) is 7.23. The van der Waals surface area contributed by atoms with Crippen molar-refractivity contribution in [3.8, 4) is 11.5 Å². The second kappa shape index (κ2) is 8.57. The number of ether oxygens (including phenoxy) is 2. The van der Waals surface area contributed by atoms with E-state index in [1.807, 2.05) is 31.2 Å². The minimum Gasteiger partial charge on any atom is -0.497 e. The number of nitrogens with one attached hydrogen (secondary N) is 1. The number of aromatic nitrogens is 2. The lowest BCUT2D eigenvalue weighted by Gasteiger charge is -2.07. The van der Waals surface area contributed by atoms with Crippen LogP contribution in [0.2, 0.25) is 0 Å². The Balaban J connectivity index is 0.00000220. The molecule has 0 atom stereocenters. The Labute approximate surface area is 132 Å². The molecule has 0 aliphatic rings. The molecule has 0 spiro atoms. The summed E-state index contributed by atoms with van der Waals surface area (Å²) in [4.78, 5) is 0. The zero-order valence-electron chi connectivity index (χ0n) is 12.8. The first-order valence-electron chi connectivity index (χ1n) is 6.98. The molecule has 0 bridgehead atoms. The molecular formula is C16H23ClN2O2. The average molecular weight is 311 g/mol. The molecule has 21 heavy (non-hydrogen) atoms. The molecule has 4 nitrogen and oxygen atoms in total. The summed E-state index contributed by atoms with van der Waals surface area (Å²) in [6.07, 6.45) is 3.20. The molecule has 1 aromatic carbocycles. The Morgan fingerprint density at radius 3 is 2.29 bits per heavy atom. The third kappa shape index (κ3) is 4.97. The van der Waals surface area contributed by atoms with Crippen molar-refractivity contribution in [3.63, 3.8) is 0 Å². The van der Waals surface area contributed by atoms with Crippen molar-refractivity contribution >= 4 is 12.4 Å². The van der Waals surface area contributed by atoms with Crippen LogP contribution < -0.4 is 9.47 Å². The predicted molar refractivity (Wildman–Crippen MR) is 86.7 cm³/mol. The van der Waals surface area contributed by atoms with Crippen LogP contribution >= 0.6 is 12.4 Å². The summed E-state index contributed by atoms with van der Waals surface area (Å²) in [5.74, 6) is 1.74. The SMILES string of the molecule is COc1ccc(OCCCCc2c(C)n[nH]c2C)cc1.Cl. The summed E-state index contributed by atoms with van der Waals surface area (Å²) in [5.41, 5.74) is 3.63. The first-order valence-corrected chi connectivity index (χ1v) is 6.98. The average Bonchev–Trinajstić information content (AvgIpc) is 2.79. The highest BCUT2D eigenvalue weighted by molar-refractivity contribution is 5.85. The minimum absolute atomic E-state index is 0. The highest BCUT2D eigenvalue weighted by Gasteiger charge is 2.05. The molecule has 0 aliphatic carbocycles. The second-order valence-electron chi connectivity index (χ2n) is 4.89. The van der Waals surface area contributed by atoms with Crippen molar-refractivity contribution in [2.75, 3.05) is 13.7 Å². The van der Waals surface area contributed by atoms with Crippen LogP contribution in [0.5, 0.6) is 11.5 Å². The summed E-state index contributed by atoms with van der Waals surface area (Å²) < 4.78 is 10.8. The van der Waals surface area contributed by atoms with E-state index >= 15 is 0 Å². The fourth-order valence-electron chi connectivity index (χ4n) is 2.21. The van der Waals surface area contributed by atoms with Gasteiger partial charge in [-0.15, -0.1) is 12.4 Å². The number of methoxy groups -OCH3 is 1. The molecule has 5 heteroatoms. The summed E-state index contributed by atoms with van der Waals surface area (Å²) in [7, 11) is 1.66. The van der Waals surface area contributed by atoms with E-state index in [1.54, 1.807) is 7.11 Å². The molecule has 1 heterocycles. The largest absolute Gasteiger partial charge is 0.497 e. The van der Waals surface area contributed by atoms with Gasteiger partial charge in [-0.3, -0.25) is 5.10 Å². The number of rotatable bonds is 7. The number of hydrogen-bond donors (Lipinski definition) is 1. The highest BCUT2D eigenvalue weighted by atomic mass is 35.5. The monoisotopic (exact) mass is 310 g/mol. The first kappa shape index (κ1) is 17.4. The van der Waals surface area contributed by atoms with E-state index < -0.39 is 0 Å². The van der Waals surface area contributed by atoms with Gasteiger partial charge in [-0.1, -0.05) is 0 Å². The molecule has 1 N–H and O–H groups in total. The van der Waals surface area contributed by atoms with Crippen molar-refractivity contribution in [1.29, 1.82) is 0 Å². The second-order valence-corrected chi connectivity index (χ2v) is 4.89. The van der Waals surface area contributed by atoms with E-state index in [0.717, 1.165) is 43.1 Å². The Morgan fingerprint density at radius 2 is 1.71 bits per heavy atom. The van der Waals surface area contributed by atoms with Gasteiger partial charge in [0, 0.05) is 5.69 Å². The van der Waals surface area contributed by atoms with Gasteiger partial charge in [-0.2, -0.15) is 5.10 Å². The third-order valence-electron chi connectivity index (χ3n) is 3.43. The predicted octanol–water partition coefficient (Wildman–Crippen LogP) is 3.86. The van der Waals surface area contributed by atoms with Crippen LogP contribution in [0.1, 0.15) is 29.8 Å². The lowest BCUT2D eigenvalue weighted by molar-refractivity contribution is 0.306. The van der Waals surface area contributed by atoms with Gasteiger partial charge < -0.3 is 9.47 Å². The fourth-order valence-corrected chi connectivity index (χ4v) is 2.21. The Kier molecular flexibility index (Phi) is 7.09. The van der Waals surface area contributed by atoms with E-state index in [4.69, 9.17) is 9.47 Å². The number of hydrogen-bond acceptors (Lipinski definition) is 3. The number of aryl methyl sites for hydroxylation is 2. The van der Waals surface area contributed by atoms with E-state index in [-0.39, 0.29) is 12.4 Å². The van der Waals surface area contributed by atoms with Crippen molar-refractivity contribution < 1.29 is 9.47 Å². The number of H-pyrrole nitrogens is 1. The molecule has 0 saturated carbocycles. The van der Waals surface area contributed by atoms with Gasteiger partial charge in [0.05, 0.1) is 19.4 Å². The quantitative estimate of drug-likeness (QED) is 0.790. The molecule has 0 amide bonds. The maximum Gasteiger partial charge on any atom is 0.119 e. The van der Waals surface area contributed by atoms with Gasteiger partial charge in [-0.05, 0) is 62.9 Å². The van der Waals surface area contributed by atoms with Crippen LogP contribution in [-0.4, -0.2) is 23.9 Å². The maximum atomic E-state index is 5.71. The fraction of sp³-hybridized carbons (Fsp3) is 0.438. The molecule has 2 rings (SSSR count). The zero-order chi connectivity index (χ0) is 14.4. The molecule has 116 valence electrons. The first-order chi connectivity index (χ1) is 9.70. The molecular weight excluding hydrogens is 288 g/mol. The van der Waals surface area contributed by atoms with Crippen LogP contribution in [0, 0.1) is 13.8 Å². The van der Waals surface area contributed by atoms with Crippen LogP contribution in [0.15, 0.2) is 24.3 Å². The van der Waals surface area contributed by atoms with E-state index in [2.05, 4.69) is 17.1 Å². The van der Waals surface area contributed by atoms with Gasteiger partial charge in [-0.25, -0.2) is 0 Å². The van der Waals surface area contributed by atoms with Crippen molar-refractivity contribution in [2.45, 2.75) is 33.1 Å². The van der Waals surface area contributed by atoms with Crippen LogP contribution in [-0.2, 0) is 6.42 Å². The molecule has 0 radical (unpaired) electrons. The molecule has 2 aromatic rings. The van der Waals surface area contributed by atoms with Crippen LogP contribution in [0.3, 0.4) is 0 Å². The molecule has 0 fully saturated rings. The zero-order valence-corrected chi connectivity index (χ0v) is 13.6. The third-order valence-corrected chi connectivity index (χ3v) is 3.43. The van der Waals surface area contributed by atoms with Crippen molar-refractivity contribution in [1.82, 2.24) is 10.2 Å². The highest BCUT2D eigenvalue weighted by Crippen LogP contribution is 2.17. The number of halogens is 1. The summed E-state index contributed by atoms with van der Waals surface area (Å²) in [6.45, 7) is 4.86. The van der Waals surface area contributed by atoms with E-state index in [1.165, 1.54) is 11.3 Å². The maximum absolute atomic E-state index is 5.71. The lowest BCUT2D eigenvalue weighted by atomic mass is 10.1. The van der Waals surface area contributed by atoms with Gasteiger partial charge in [0.1, 0.15) is 11.5 Å². The van der Waals surface area contributed by atoms with Crippen LogP contribution in [0.25, 0.3) is 0 Å². The van der Waals surface area contributed by atoms with Gasteiger partial charge >= 0.3 is 0 Å². The Morgan fingerprint density at radius 1 is 1.05 bits per heavy atom. The normalized spacial score (nSPS) is 10.0. The summed E-state index contributed by atoms with van der Waals surface area (Å²) in [6, 6.07) is 7.69. The number of aromatic amines is 1. The van der Waals surface area contributed by atoms with Crippen molar-refractivity contribution in [2.24, 2.45) is 0 Å². The standard InChI is InChI=1S/C16H22N2O2.ClH/c1-12-16(13(2)18-17-12)6-4-5-11-20-15-9-7-14(19-3)8-10-15;/h7-10H,4-6,11H2,1-3H3,(H,17,18);1H. The summed E-state index contributed by atoms with van der Waals surface area (Å²) >= 11 is 0. The molecule has 0 saturated heterocycles. The van der Waals surface area contributed by atoms with Gasteiger partial charge in [0.2, 0.25) is 0 Å². The Hall–Kier alpha value is -1.68. The minimum atomic E-state index is 0. The molecule has 0 unspecified atom stereocenters.